The van der Waals surface area contributed by atoms with E-state index in [0.29, 0.717) is 20.9 Å². The van der Waals surface area contributed by atoms with Crippen molar-refractivity contribution in [3.63, 3.8) is 0 Å². The molecule has 0 amide bonds. The van der Waals surface area contributed by atoms with Gasteiger partial charge in [-0.05, 0) is 59.7 Å². The highest BCUT2D eigenvalue weighted by atomic mass is 79.9. The molecule has 118 valence electrons. The van der Waals surface area contributed by atoms with Crippen LogP contribution in [0.4, 0.5) is 4.39 Å². The van der Waals surface area contributed by atoms with Crippen molar-refractivity contribution in [3.8, 4) is 0 Å². The van der Waals surface area contributed by atoms with Crippen LogP contribution < -0.4 is 5.32 Å². The third-order valence-electron chi connectivity index (χ3n) is 3.53. The summed E-state index contributed by atoms with van der Waals surface area (Å²) >= 11 is 8.45. The number of allylic oxidation sites excluding steroid dienone is 1. The normalized spacial score (nSPS) is 18.3. The molecule has 22 heavy (non-hydrogen) atoms. The highest BCUT2D eigenvalue weighted by Crippen LogP contribution is 2.32. The fourth-order valence-corrected chi connectivity index (χ4v) is 2.90. The van der Waals surface area contributed by atoms with Gasteiger partial charge in [0.15, 0.2) is 5.11 Å². The third kappa shape index (κ3) is 3.15. The fourth-order valence-electron chi connectivity index (χ4n) is 2.25. The van der Waals surface area contributed by atoms with Gasteiger partial charge in [0.1, 0.15) is 5.82 Å². The Hall–Kier alpha value is -1.47. The van der Waals surface area contributed by atoms with Gasteiger partial charge in [-0.15, -0.1) is 0 Å². The molecule has 1 aliphatic heterocycles. The van der Waals surface area contributed by atoms with Crippen LogP contribution in [0.15, 0.2) is 33.9 Å². The van der Waals surface area contributed by atoms with Gasteiger partial charge in [-0.2, -0.15) is 0 Å². The lowest BCUT2D eigenvalue weighted by Crippen LogP contribution is -2.46. The van der Waals surface area contributed by atoms with Gasteiger partial charge in [0.05, 0.1) is 22.7 Å². The van der Waals surface area contributed by atoms with Gasteiger partial charge in [0.25, 0.3) is 0 Å². The van der Waals surface area contributed by atoms with Crippen molar-refractivity contribution in [3.05, 3.63) is 45.3 Å². The summed E-state index contributed by atoms with van der Waals surface area (Å²) in [5, 5.41) is 3.60. The van der Waals surface area contributed by atoms with Crippen LogP contribution in [0.1, 0.15) is 25.5 Å². The van der Waals surface area contributed by atoms with E-state index in [0.717, 1.165) is 5.56 Å². The number of benzene rings is 1. The zero-order valence-corrected chi connectivity index (χ0v) is 14.8. The molecule has 0 bridgehead atoms. The first-order chi connectivity index (χ1) is 10.4. The molecule has 1 heterocycles. The highest BCUT2D eigenvalue weighted by molar-refractivity contribution is 9.10. The molecule has 0 fully saturated rings. The number of rotatable bonds is 3. The van der Waals surface area contributed by atoms with Gasteiger partial charge in [-0.3, -0.25) is 0 Å². The largest absolute Gasteiger partial charge is 0.463 e. The molecular weight excluding hydrogens is 371 g/mol. The molecule has 1 N–H and O–H groups in total. The minimum atomic E-state index is -0.473. The first-order valence-corrected chi connectivity index (χ1v) is 7.94. The second kappa shape index (κ2) is 6.75. The molecular formula is C15H16BrFN2O2S. The Bertz CT molecular complexity index is 663. The van der Waals surface area contributed by atoms with Crippen LogP contribution in [0.5, 0.6) is 0 Å². The molecule has 1 aliphatic rings. The van der Waals surface area contributed by atoms with Crippen molar-refractivity contribution in [1.29, 1.82) is 0 Å². The summed E-state index contributed by atoms with van der Waals surface area (Å²) in [6, 6.07) is 4.13. The summed E-state index contributed by atoms with van der Waals surface area (Å²) < 4.78 is 18.9. The quantitative estimate of drug-likeness (QED) is 0.637. The molecule has 0 aliphatic carbocycles. The van der Waals surface area contributed by atoms with Crippen molar-refractivity contribution in [1.82, 2.24) is 10.2 Å². The average molecular weight is 387 g/mol. The van der Waals surface area contributed by atoms with Crippen molar-refractivity contribution >= 4 is 39.2 Å². The minimum Gasteiger partial charge on any atom is -0.463 e. The average Bonchev–Trinajstić information content (AvgIpc) is 2.47. The van der Waals surface area contributed by atoms with Crippen molar-refractivity contribution < 1.29 is 13.9 Å². The Balaban J connectivity index is 2.53. The highest BCUT2D eigenvalue weighted by Gasteiger charge is 2.33. The lowest BCUT2D eigenvalue weighted by atomic mass is 9.95. The van der Waals surface area contributed by atoms with Crippen molar-refractivity contribution in [2.75, 3.05) is 13.7 Å². The first-order valence-electron chi connectivity index (χ1n) is 6.73. The van der Waals surface area contributed by atoms with E-state index in [1.54, 1.807) is 31.0 Å². The summed E-state index contributed by atoms with van der Waals surface area (Å²) in [6.07, 6.45) is 0. The van der Waals surface area contributed by atoms with E-state index in [2.05, 4.69) is 21.2 Å². The first kappa shape index (κ1) is 16.9. The topological polar surface area (TPSA) is 41.6 Å². The Morgan fingerprint density at radius 3 is 2.82 bits per heavy atom. The molecule has 0 saturated heterocycles. The number of carbonyl (C=O) groups excluding carboxylic acids is 1. The van der Waals surface area contributed by atoms with Crippen LogP contribution in [-0.2, 0) is 9.53 Å². The summed E-state index contributed by atoms with van der Waals surface area (Å²) in [5.41, 5.74) is 1.91. The maximum Gasteiger partial charge on any atom is 0.338 e. The van der Waals surface area contributed by atoms with Gasteiger partial charge >= 0.3 is 5.97 Å². The number of nitrogens with one attached hydrogen (secondary N) is 1. The molecule has 1 atom stereocenters. The number of thiocarbonyl (C=S) groups is 1. The Morgan fingerprint density at radius 2 is 2.23 bits per heavy atom. The molecule has 0 unspecified atom stereocenters. The van der Waals surface area contributed by atoms with Gasteiger partial charge in [-0.1, -0.05) is 6.07 Å². The second-order valence-corrected chi connectivity index (χ2v) is 6.08. The smallest absolute Gasteiger partial charge is 0.338 e. The van der Waals surface area contributed by atoms with Crippen molar-refractivity contribution in [2.24, 2.45) is 0 Å². The maximum atomic E-state index is 13.5. The monoisotopic (exact) mass is 386 g/mol. The van der Waals surface area contributed by atoms with Crippen LogP contribution in [0.2, 0.25) is 0 Å². The van der Waals surface area contributed by atoms with Gasteiger partial charge in [-0.25, -0.2) is 9.18 Å². The summed E-state index contributed by atoms with van der Waals surface area (Å²) in [6.45, 7) is 3.84. The van der Waals surface area contributed by atoms with E-state index in [1.165, 1.54) is 6.07 Å². The zero-order chi connectivity index (χ0) is 16.4. The SMILES string of the molecule is CCOC(=O)C1=C(C)N(C)C(=S)N[C@@H]1c1ccc(F)c(Br)c1. The van der Waals surface area contributed by atoms with Crippen LogP contribution >= 0.6 is 28.1 Å². The zero-order valence-electron chi connectivity index (χ0n) is 12.4. The molecule has 0 aromatic heterocycles. The van der Waals surface area contributed by atoms with Gasteiger partial charge in [0, 0.05) is 12.7 Å². The molecule has 0 saturated carbocycles. The van der Waals surface area contributed by atoms with Crippen LogP contribution in [0, 0.1) is 5.82 Å². The van der Waals surface area contributed by atoms with Gasteiger partial charge < -0.3 is 15.0 Å². The Morgan fingerprint density at radius 1 is 1.55 bits per heavy atom. The predicted octanol–water partition coefficient (Wildman–Crippen LogP) is 3.29. The molecule has 1 aromatic carbocycles. The standard InChI is InChI=1S/C15H16BrFN2O2S/c1-4-21-14(20)12-8(2)19(3)15(22)18-13(12)9-5-6-11(17)10(16)7-9/h5-7,13H,4H2,1-3H3,(H,18,22)/t13-/m1/s1. The van der Waals surface area contributed by atoms with Crippen LogP contribution in [-0.4, -0.2) is 29.6 Å². The summed E-state index contributed by atoms with van der Waals surface area (Å²) in [7, 11) is 1.78. The molecule has 0 radical (unpaired) electrons. The molecule has 2 rings (SSSR count). The lowest BCUT2D eigenvalue weighted by Gasteiger charge is -2.35. The predicted molar refractivity (Wildman–Crippen MR) is 89.7 cm³/mol. The molecule has 7 heteroatoms. The lowest BCUT2D eigenvalue weighted by molar-refractivity contribution is -0.139. The van der Waals surface area contributed by atoms with Gasteiger partial charge in [0.2, 0.25) is 0 Å². The Labute approximate surface area is 142 Å². The molecule has 1 aromatic rings. The van der Waals surface area contributed by atoms with E-state index in [4.69, 9.17) is 17.0 Å². The number of hydrogen-bond acceptors (Lipinski definition) is 3. The van der Waals surface area contributed by atoms with Crippen LogP contribution in [0.3, 0.4) is 0 Å². The molecule has 0 spiro atoms. The van der Waals surface area contributed by atoms with Crippen molar-refractivity contribution in [2.45, 2.75) is 19.9 Å². The Kier molecular flexibility index (Phi) is 5.18. The number of carbonyl (C=O) groups is 1. The molecule has 4 nitrogen and oxygen atoms in total. The summed E-state index contributed by atoms with van der Waals surface area (Å²) in [5.74, 6) is -0.773. The number of halogens is 2. The number of nitrogens with zero attached hydrogens (tertiary/aromatic N) is 1. The van der Waals surface area contributed by atoms with E-state index in [9.17, 15) is 9.18 Å². The number of ether oxygens (including phenoxy) is 1. The van der Waals surface area contributed by atoms with E-state index >= 15 is 0 Å². The number of hydrogen-bond donors (Lipinski definition) is 1. The fraction of sp³-hybridized carbons (Fsp3) is 0.333. The number of esters is 1. The van der Waals surface area contributed by atoms with E-state index in [-0.39, 0.29) is 12.4 Å². The minimum absolute atomic E-state index is 0.281. The second-order valence-electron chi connectivity index (χ2n) is 4.83. The third-order valence-corrected chi connectivity index (χ3v) is 4.53. The summed E-state index contributed by atoms with van der Waals surface area (Å²) in [4.78, 5) is 14.0. The maximum absolute atomic E-state index is 13.5. The van der Waals surface area contributed by atoms with Crippen LogP contribution in [0.25, 0.3) is 0 Å². The van der Waals surface area contributed by atoms with E-state index < -0.39 is 12.0 Å². The van der Waals surface area contributed by atoms with E-state index in [1.807, 2.05) is 6.92 Å².